The first-order valence-corrected chi connectivity index (χ1v) is 12.8. The van der Waals surface area contributed by atoms with Crippen LogP contribution in [-0.4, -0.2) is 31.4 Å². The number of nitrogens with one attached hydrogen (secondary N) is 1. The van der Waals surface area contributed by atoms with Crippen LogP contribution < -0.4 is 16.0 Å². The standard InChI is InChI=1S/C30H20ClFN6O3/c1-16-5-21(14-34-12-16)38-29(39)28-26(37(30(38)40)15-17-3-4-24(32)19(6-17)11-33)8-18(9-27(28)41-2)22-7-20-13-35-36-25(20)10-23(22)31/h3-10,12-14H,15H2,1-2H3,(H,35,36). The molecule has 0 fully saturated rings. The summed E-state index contributed by atoms with van der Waals surface area (Å²) in [6, 6.07) is 14.5. The number of hydrogen-bond acceptors (Lipinski definition) is 6. The van der Waals surface area contributed by atoms with Crippen molar-refractivity contribution in [1.82, 2.24) is 24.3 Å². The molecule has 0 aliphatic rings. The first kappa shape index (κ1) is 26.0. The third-order valence-corrected chi connectivity index (χ3v) is 7.19. The fourth-order valence-corrected chi connectivity index (χ4v) is 5.21. The number of benzene rings is 3. The molecular weight excluding hydrogens is 547 g/mol. The number of nitriles is 1. The zero-order valence-corrected chi connectivity index (χ0v) is 22.5. The highest BCUT2D eigenvalue weighted by molar-refractivity contribution is 6.34. The Kier molecular flexibility index (Phi) is 6.36. The lowest BCUT2D eigenvalue weighted by atomic mass is 10.0. The van der Waals surface area contributed by atoms with Crippen molar-refractivity contribution in [1.29, 1.82) is 5.26 Å². The number of hydrogen-bond donors (Lipinski definition) is 1. The third-order valence-electron chi connectivity index (χ3n) is 6.88. The number of halogens is 2. The summed E-state index contributed by atoms with van der Waals surface area (Å²) < 4.78 is 22.2. The second kappa shape index (κ2) is 10.0. The number of ether oxygens (including phenoxy) is 1. The van der Waals surface area contributed by atoms with Crippen molar-refractivity contribution in [2.75, 3.05) is 7.11 Å². The van der Waals surface area contributed by atoms with Gasteiger partial charge in [-0.3, -0.25) is 19.4 Å². The summed E-state index contributed by atoms with van der Waals surface area (Å²) in [6.45, 7) is 1.74. The molecule has 3 heterocycles. The zero-order valence-electron chi connectivity index (χ0n) is 21.8. The monoisotopic (exact) mass is 566 g/mol. The van der Waals surface area contributed by atoms with Gasteiger partial charge < -0.3 is 4.74 Å². The van der Waals surface area contributed by atoms with Crippen LogP contribution in [0.1, 0.15) is 16.7 Å². The largest absolute Gasteiger partial charge is 0.496 e. The topological polar surface area (TPSA) is 119 Å². The second-order valence-corrected chi connectivity index (χ2v) is 9.92. The number of aryl methyl sites for hydroxylation is 1. The minimum Gasteiger partial charge on any atom is -0.496 e. The Morgan fingerprint density at radius 2 is 1.93 bits per heavy atom. The Morgan fingerprint density at radius 1 is 1.10 bits per heavy atom. The van der Waals surface area contributed by atoms with E-state index in [1.165, 1.54) is 36.1 Å². The van der Waals surface area contributed by atoms with Gasteiger partial charge in [0.05, 0.1) is 53.4 Å². The van der Waals surface area contributed by atoms with Gasteiger partial charge >= 0.3 is 5.69 Å². The molecule has 0 spiro atoms. The molecule has 0 bridgehead atoms. The van der Waals surface area contributed by atoms with Crippen molar-refractivity contribution in [2.45, 2.75) is 13.5 Å². The maximum Gasteiger partial charge on any atom is 0.336 e. The molecule has 6 aromatic rings. The van der Waals surface area contributed by atoms with Crippen molar-refractivity contribution >= 4 is 33.4 Å². The Bertz CT molecular complexity index is 2180. The van der Waals surface area contributed by atoms with Gasteiger partial charge in [0.15, 0.2) is 0 Å². The van der Waals surface area contributed by atoms with Crippen LogP contribution in [0, 0.1) is 24.1 Å². The highest BCUT2D eigenvalue weighted by atomic mass is 35.5. The van der Waals surface area contributed by atoms with Gasteiger partial charge in [-0.1, -0.05) is 17.7 Å². The third kappa shape index (κ3) is 4.42. The molecule has 0 unspecified atom stereocenters. The Morgan fingerprint density at radius 3 is 2.68 bits per heavy atom. The molecule has 0 amide bonds. The van der Waals surface area contributed by atoms with Gasteiger partial charge in [-0.05, 0) is 66.1 Å². The fraction of sp³-hybridized carbons (Fsp3) is 0.100. The molecular formula is C30H20ClFN6O3. The molecule has 0 radical (unpaired) electrons. The lowest BCUT2D eigenvalue weighted by molar-refractivity contribution is 0.419. The van der Waals surface area contributed by atoms with Gasteiger partial charge in [-0.2, -0.15) is 10.4 Å². The van der Waals surface area contributed by atoms with Crippen molar-refractivity contribution < 1.29 is 9.13 Å². The average Bonchev–Trinajstić information content (AvgIpc) is 3.42. The molecule has 202 valence electrons. The predicted octanol–water partition coefficient (Wildman–Crippen LogP) is 5.12. The molecule has 3 aromatic carbocycles. The number of rotatable bonds is 5. The van der Waals surface area contributed by atoms with E-state index < -0.39 is 17.1 Å². The normalized spacial score (nSPS) is 11.2. The first-order chi connectivity index (χ1) is 19.8. The van der Waals surface area contributed by atoms with Crippen LogP contribution in [0.15, 0.2) is 76.7 Å². The van der Waals surface area contributed by atoms with Crippen LogP contribution in [-0.2, 0) is 6.54 Å². The number of H-pyrrole nitrogens is 1. The number of methoxy groups -OCH3 is 1. The molecule has 0 saturated heterocycles. The number of nitrogens with zero attached hydrogens (tertiary/aromatic N) is 5. The van der Waals surface area contributed by atoms with Gasteiger partial charge in [-0.25, -0.2) is 13.8 Å². The van der Waals surface area contributed by atoms with Crippen molar-refractivity contribution in [3.8, 4) is 28.6 Å². The minimum atomic E-state index is -0.669. The predicted molar refractivity (Wildman–Crippen MR) is 153 cm³/mol. The number of aromatic nitrogens is 5. The minimum absolute atomic E-state index is 0.0646. The lowest BCUT2D eigenvalue weighted by Crippen LogP contribution is -2.39. The number of fused-ring (bicyclic) bond motifs is 2. The summed E-state index contributed by atoms with van der Waals surface area (Å²) >= 11 is 6.65. The fourth-order valence-electron chi connectivity index (χ4n) is 4.93. The van der Waals surface area contributed by atoms with E-state index >= 15 is 0 Å². The first-order valence-electron chi connectivity index (χ1n) is 12.4. The van der Waals surface area contributed by atoms with Gasteiger partial charge in [0, 0.05) is 17.1 Å². The molecule has 0 atom stereocenters. The van der Waals surface area contributed by atoms with E-state index in [4.69, 9.17) is 16.3 Å². The van der Waals surface area contributed by atoms with Crippen LogP contribution in [0.2, 0.25) is 5.02 Å². The van der Waals surface area contributed by atoms with Crippen molar-refractivity contribution in [2.24, 2.45) is 0 Å². The van der Waals surface area contributed by atoms with E-state index in [0.29, 0.717) is 21.7 Å². The summed E-state index contributed by atoms with van der Waals surface area (Å²) in [5.74, 6) is -0.441. The van der Waals surface area contributed by atoms with Gasteiger partial charge in [0.25, 0.3) is 5.56 Å². The highest BCUT2D eigenvalue weighted by Gasteiger charge is 2.21. The molecule has 0 aliphatic carbocycles. The van der Waals surface area contributed by atoms with Crippen LogP contribution in [0.25, 0.3) is 38.6 Å². The lowest BCUT2D eigenvalue weighted by Gasteiger charge is -2.18. The van der Waals surface area contributed by atoms with E-state index in [0.717, 1.165) is 21.0 Å². The van der Waals surface area contributed by atoms with Gasteiger partial charge in [-0.15, -0.1) is 0 Å². The Balaban J connectivity index is 1.70. The number of aromatic amines is 1. The van der Waals surface area contributed by atoms with Crippen LogP contribution in [0.5, 0.6) is 5.75 Å². The van der Waals surface area contributed by atoms with Crippen LogP contribution in [0.4, 0.5) is 4.39 Å². The number of pyridine rings is 1. The molecule has 1 N–H and O–H groups in total. The smallest absolute Gasteiger partial charge is 0.336 e. The Hall–Kier alpha value is -5.27. The van der Waals surface area contributed by atoms with E-state index in [9.17, 15) is 19.2 Å². The van der Waals surface area contributed by atoms with Crippen molar-refractivity contribution in [3.63, 3.8) is 0 Å². The summed E-state index contributed by atoms with van der Waals surface area (Å²) in [5.41, 5.74) is 2.40. The molecule has 3 aromatic heterocycles. The van der Waals surface area contributed by atoms with E-state index in [1.54, 1.807) is 43.6 Å². The summed E-state index contributed by atoms with van der Waals surface area (Å²) in [6.07, 6.45) is 4.71. The molecule has 0 aliphatic heterocycles. The molecule has 9 nitrogen and oxygen atoms in total. The van der Waals surface area contributed by atoms with Gasteiger partial charge in [0.1, 0.15) is 23.0 Å². The molecule has 41 heavy (non-hydrogen) atoms. The van der Waals surface area contributed by atoms with Crippen molar-refractivity contribution in [3.05, 3.63) is 115 Å². The average molecular weight is 567 g/mol. The van der Waals surface area contributed by atoms with Crippen LogP contribution in [0.3, 0.4) is 0 Å². The highest BCUT2D eigenvalue weighted by Crippen LogP contribution is 2.36. The maximum absolute atomic E-state index is 14.1. The SMILES string of the molecule is COc1cc(-c2cc3cn[nH]c3cc2Cl)cc2c1c(=O)n(-c1cncc(C)c1)c(=O)n2Cc1ccc(F)c(C#N)c1. The summed E-state index contributed by atoms with van der Waals surface area (Å²) in [5, 5.41) is 17.7. The van der Waals surface area contributed by atoms with Crippen LogP contribution >= 0.6 is 11.6 Å². The molecule has 6 rings (SSSR count). The summed E-state index contributed by atoms with van der Waals surface area (Å²) in [7, 11) is 1.44. The maximum atomic E-state index is 14.1. The van der Waals surface area contributed by atoms with E-state index in [-0.39, 0.29) is 34.4 Å². The quantitative estimate of drug-likeness (QED) is 0.309. The second-order valence-electron chi connectivity index (χ2n) is 9.52. The Labute approximate surface area is 236 Å². The zero-order chi connectivity index (χ0) is 28.8. The molecule has 11 heteroatoms. The van der Waals surface area contributed by atoms with E-state index in [1.807, 2.05) is 12.1 Å². The molecule has 0 saturated carbocycles. The summed E-state index contributed by atoms with van der Waals surface area (Å²) in [4.78, 5) is 32.2. The van der Waals surface area contributed by atoms with E-state index in [2.05, 4.69) is 15.2 Å². The van der Waals surface area contributed by atoms with Gasteiger partial charge in [0.2, 0.25) is 0 Å².